The summed E-state index contributed by atoms with van der Waals surface area (Å²) in [5.74, 6) is 0.802. The fraction of sp³-hybridized carbons (Fsp3) is 0.600. The van der Waals surface area contributed by atoms with Crippen molar-refractivity contribution in [3.8, 4) is 0 Å². The Morgan fingerprint density at radius 2 is 2.15 bits per heavy atom. The molecule has 1 fully saturated rings. The summed E-state index contributed by atoms with van der Waals surface area (Å²) in [6.07, 6.45) is 7.02. The van der Waals surface area contributed by atoms with E-state index in [4.69, 9.17) is 11.6 Å². The van der Waals surface area contributed by atoms with Gasteiger partial charge in [-0.3, -0.25) is 10.1 Å². The maximum atomic E-state index is 11.1. The van der Waals surface area contributed by atoms with E-state index in [-0.39, 0.29) is 10.6 Å². The van der Waals surface area contributed by atoms with Crippen LogP contribution in [0.2, 0.25) is 5.02 Å². The van der Waals surface area contributed by atoms with Gasteiger partial charge in [-0.15, -0.1) is 0 Å². The molecule has 1 aliphatic rings. The van der Waals surface area contributed by atoms with Crippen LogP contribution < -0.4 is 5.32 Å². The van der Waals surface area contributed by atoms with Crippen LogP contribution in [0, 0.1) is 16.0 Å². The van der Waals surface area contributed by atoms with Gasteiger partial charge in [0.05, 0.1) is 4.92 Å². The SMILES string of the molecule is CCC1CCCC(Nc2cc(Cl)ccc2[N+](=O)[O-])CC1. The fourth-order valence-electron chi connectivity index (χ4n) is 2.93. The minimum Gasteiger partial charge on any atom is -0.377 e. The Hall–Kier alpha value is -1.29. The molecular weight excluding hydrogens is 276 g/mol. The van der Waals surface area contributed by atoms with Crippen molar-refractivity contribution in [2.75, 3.05) is 5.32 Å². The van der Waals surface area contributed by atoms with Crippen LogP contribution >= 0.6 is 11.6 Å². The molecule has 0 radical (unpaired) electrons. The van der Waals surface area contributed by atoms with Crippen LogP contribution in [0.5, 0.6) is 0 Å². The molecule has 4 nitrogen and oxygen atoms in total. The smallest absolute Gasteiger partial charge is 0.292 e. The minimum atomic E-state index is -0.357. The van der Waals surface area contributed by atoms with E-state index < -0.39 is 0 Å². The van der Waals surface area contributed by atoms with Gasteiger partial charge in [0.15, 0.2) is 0 Å². The van der Waals surface area contributed by atoms with Gasteiger partial charge < -0.3 is 5.32 Å². The van der Waals surface area contributed by atoms with Crippen molar-refractivity contribution in [1.82, 2.24) is 0 Å². The Morgan fingerprint density at radius 3 is 2.85 bits per heavy atom. The lowest BCUT2D eigenvalue weighted by atomic mass is 9.98. The Bertz CT molecular complexity index is 479. The third kappa shape index (κ3) is 3.85. The average molecular weight is 297 g/mol. The van der Waals surface area contributed by atoms with Gasteiger partial charge in [0.2, 0.25) is 0 Å². The first-order valence-electron chi connectivity index (χ1n) is 7.30. The maximum Gasteiger partial charge on any atom is 0.292 e. The highest BCUT2D eigenvalue weighted by atomic mass is 35.5. The van der Waals surface area contributed by atoms with Crippen LogP contribution in [0.15, 0.2) is 18.2 Å². The summed E-state index contributed by atoms with van der Waals surface area (Å²) in [4.78, 5) is 10.7. The molecule has 2 rings (SSSR count). The monoisotopic (exact) mass is 296 g/mol. The number of nitrogens with zero attached hydrogens (tertiary/aromatic N) is 1. The molecular formula is C15H21ClN2O2. The summed E-state index contributed by atoms with van der Waals surface area (Å²) in [6.45, 7) is 2.24. The van der Waals surface area contributed by atoms with Gasteiger partial charge in [-0.25, -0.2) is 0 Å². The molecule has 2 unspecified atom stereocenters. The quantitative estimate of drug-likeness (QED) is 0.482. The van der Waals surface area contributed by atoms with Crippen LogP contribution in [-0.2, 0) is 0 Å². The van der Waals surface area contributed by atoms with Crippen molar-refractivity contribution in [3.63, 3.8) is 0 Å². The number of hydrogen-bond donors (Lipinski definition) is 1. The third-order valence-corrected chi connectivity index (χ3v) is 4.42. The van der Waals surface area contributed by atoms with Gasteiger partial charge in [-0.05, 0) is 37.3 Å². The number of nitrogens with one attached hydrogen (secondary N) is 1. The molecule has 0 aromatic heterocycles. The summed E-state index contributed by atoms with van der Waals surface area (Å²) in [5, 5.41) is 14.9. The van der Waals surface area contributed by atoms with E-state index in [0.717, 1.165) is 18.8 Å². The highest BCUT2D eigenvalue weighted by molar-refractivity contribution is 6.31. The second-order valence-electron chi connectivity index (χ2n) is 5.54. The lowest BCUT2D eigenvalue weighted by Gasteiger charge is -2.18. The lowest BCUT2D eigenvalue weighted by molar-refractivity contribution is -0.384. The van der Waals surface area contributed by atoms with Gasteiger partial charge in [0.1, 0.15) is 5.69 Å². The standard InChI is InChI=1S/C15H21ClN2O2/c1-2-11-4-3-5-13(8-6-11)17-14-10-12(16)7-9-15(14)18(19)20/h7,9-11,13,17H,2-6,8H2,1H3. The van der Waals surface area contributed by atoms with E-state index in [0.29, 0.717) is 16.8 Å². The van der Waals surface area contributed by atoms with Gasteiger partial charge in [-0.1, -0.05) is 37.8 Å². The lowest BCUT2D eigenvalue weighted by Crippen LogP contribution is -2.19. The van der Waals surface area contributed by atoms with E-state index >= 15 is 0 Å². The number of benzene rings is 1. The predicted octanol–water partition coefficient (Wildman–Crippen LogP) is 5.02. The molecule has 110 valence electrons. The molecule has 0 heterocycles. The summed E-state index contributed by atoms with van der Waals surface area (Å²) in [6, 6.07) is 4.99. The molecule has 0 bridgehead atoms. The van der Waals surface area contributed by atoms with Crippen LogP contribution in [0.25, 0.3) is 0 Å². The average Bonchev–Trinajstić information content (AvgIpc) is 2.63. The van der Waals surface area contributed by atoms with Crippen molar-refractivity contribution in [2.24, 2.45) is 5.92 Å². The number of anilines is 1. The van der Waals surface area contributed by atoms with Crippen LogP contribution in [0.4, 0.5) is 11.4 Å². The molecule has 1 N–H and O–H groups in total. The maximum absolute atomic E-state index is 11.1. The molecule has 20 heavy (non-hydrogen) atoms. The third-order valence-electron chi connectivity index (χ3n) is 4.18. The highest BCUT2D eigenvalue weighted by Crippen LogP contribution is 2.32. The molecule has 1 aromatic rings. The molecule has 0 amide bonds. The van der Waals surface area contributed by atoms with Gasteiger partial charge in [0, 0.05) is 17.1 Å². The Balaban J connectivity index is 2.09. The largest absolute Gasteiger partial charge is 0.377 e. The van der Waals surface area contributed by atoms with E-state index in [2.05, 4.69) is 12.2 Å². The van der Waals surface area contributed by atoms with Gasteiger partial charge >= 0.3 is 0 Å². The molecule has 0 spiro atoms. The number of nitro groups is 1. The molecule has 1 aliphatic carbocycles. The minimum absolute atomic E-state index is 0.102. The van der Waals surface area contributed by atoms with Crippen molar-refractivity contribution >= 4 is 23.0 Å². The number of hydrogen-bond acceptors (Lipinski definition) is 3. The first-order valence-corrected chi connectivity index (χ1v) is 7.68. The molecule has 1 saturated carbocycles. The Kier molecular flexibility index (Phi) is 5.24. The molecule has 0 aliphatic heterocycles. The van der Waals surface area contributed by atoms with E-state index in [1.165, 1.54) is 31.7 Å². The van der Waals surface area contributed by atoms with Crippen molar-refractivity contribution in [1.29, 1.82) is 0 Å². The van der Waals surface area contributed by atoms with Crippen molar-refractivity contribution in [2.45, 2.75) is 51.5 Å². The second-order valence-corrected chi connectivity index (χ2v) is 5.98. The van der Waals surface area contributed by atoms with Gasteiger partial charge in [-0.2, -0.15) is 0 Å². The summed E-state index contributed by atoms with van der Waals surface area (Å²) < 4.78 is 0. The summed E-state index contributed by atoms with van der Waals surface area (Å²) >= 11 is 5.95. The fourth-order valence-corrected chi connectivity index (χ4v) is 3.11. The molecule has 2 atom stereocenters. The van der Waals surface area contributed by atoms with Crippen LogP contribution in [-0.4, -0.2) is 11.0 Å². The predicted molar refractivity (Wildman–Crippen MR) is 82.4 cm³/mol. The second kappa shape index (κ2) is 6.93. The zero-order valence-corrected chi connectivity index (χ0v) is 12.5. The molecule has 0 saturated heterocycles. The van der Waals surface area contributed by atoms with Crippen LogP contribution in [0.3, 0.4) is 0 Å². The van der Waals surface area contributed by atoms with Crippen molar-refractivity contribution < 1.29 is 4.92 Å². The van der Waals surface area contributed by atoms with E-state index in [1.54, 1.807) is 12.1 Å². The highest BCUT2D eigenvalue weighted by Gasteiger charge is 2.21. The summed E-state index contributed by atoms with van der Waals surface area (Å²) in [7, 11) is 0. The van der Waals surface area contributed by atoms with Crippen molar-refractivity contribution in [3.05, 3.63) is 33.3 Å². The Morgan fingerprint density at radius 1 is 1.35 bits per heavy atom. The molecule has 5 heteroatoms. The number of rotatable bonds is 4. The first kappa shape index (κ1) is 15.1. The molecule has 1 aromatic carbocycles. The normalized spacial score (nSPS) is 23.1. The van der Waals surface area contributed by atoms with Crippen LogP contribution in [0.1, 0.15) is 45.4 Å². The topological polar surface area (TPSA) is 55.2 Å². The first-order chi connectivity index (χ1) is 9.60. The van der Waals surface area contributed by atoms with E-state index in [1.807, 2.05) is 0 Å². The van der Waals surface area contributed by atoms with Gasteiger partial charge in [0.25, 0.3) is 5.69 Å². The summed E-state index contributed by atoms with van der Waals surface area (Å²) in [5.41, 5.74) is 0.646. The van der Waals surface area contributed by atoms with E-state index in [9.17, 15) is 10.1 Å². The zero-order chi connectivity index (χ0) is 14.5. The number of halogens is 1. The Labute approximate surface area is 124 Å². The zero-order valence-electron chi connectivity index (χ0n) is 11.8. The number of nitro benzene ring substituents is 1.